The highest BCUT2D eigenvalue weighted by molar-refractivity contribution is 7.91. The Labute approximate surface area is 133 Å². The van der Waals surface area contributed by atoms with Gasteiger partial charge in [0, 0.05) is 23.0 Å². The summed E-state index contributed by atoms with van der Waals surface area (Å²) in [6.07, 6.45) is 2.39. The fourth-order valence-corrected chi connectivity index (χ4v) is 5.13. The first-order chi connectivity index (χ1) is 9.78. The van der Waals surface area contributed by atoms with Crippen molar-refractivity contribution in [1.82, 2.24) is 10.0 Å². The van der Waals surface area contributed by atoms with Gasteiger partial charge in [-0.1, -0.05) is 34.6 Å². The highest BCUT2D eigenvalue weighted by Gasteiger charge is 2.31. The standard InChI is InChI=1S/C15H28N2O2S2/c1-6-15(7-2,8-3)17-21(18,19)14-10-9-13(20-14)11-16-12(4)5/h9-10,12,16-17H,6-8,11H2,1-5H3. The van der Waals surface area contributed by atoms with Crippen LogP contribution in [0, 0.1) is 0 Å². The Morgan fingerprint density at radius 3 is 2.19 bits per heavy atom. The molecule has 0 aliphatic heterocycles. The lowest BCUT2D eigenvalue weighted by Gasteiger charge is -2.30. The summed E-state index contributed by atoms with van der Waals surface area (Å²) < 4.78 is 28.4. The van der Waals surface area contributed by atoms with E-state index in [1.165, 1.54) is 11.3 Å². The first kappa shape index (κ1) is 18.6. The van der Waals surface area contributed by atoms with Crippen LogP contribution in [0.15, 0.2) is 16.3 Å². The van der Waals surface area contributed by atoms with E-state index in [0.717, 1.165) is 24.1 Å². The molecule has 2 N–H and O–H groups in total. The van der Waals surface area contributed by atoms with E-state index in [1.54, 1.807) is 6.07 Å². The van der Waals surface area contributed by atoms with Gasteiger partial charge in [-0.2, -0.15) is 0 Å². The number of hydrogen-bond donors (Lipinski definition) is 2. The van der Waals surface area contributed by atoms with Crippen LogP contribution in [0.1, 0.15) is 58.8 Å². The predicted octanol–water partition coefficient (Wildman–Crippen LogP) is 3.49. The molecule has 0 spiro atoms. The molecule has 0 aliphatic rings. The van der Waals surface area contributed by atoms with Gasteiger partial charge in [0.1, 0.15) is 4.21 Å². The molecule has 4 nitrogen and oxygen atoms in total. The molecule has 1 heterocycles. The molecule has 0 bridgehead atoms. The summed E-state index contributed by atoms with van der Waals surface area (Å²) in [6.45, 7) is 10.9. The lowest BCUT2D eigenvalue weighted by molar-refractivity contribution is 0.342. The smallest absolute Gasteiger partial charge is 0.250 e. The van der Waals surface area contributed by atoms with Crippen LogP contribution in [0.25, 0.3) is 0 Å². The monoisotopic (exact) mass is 332 g/mol. The van der Waals surface area contributed by atoms with Gasteiger partial charge in [-0.3, -0.25) is 0 Å². The summed E-state index contributed by atoms with van der Waals surface area (Å²) in [5.74, 6) is 0. The zero-order chi connectivity index (χ0) is 16.1. The molecule has 0 radical (unpaired) electrons. The van der Waals surface area contributed by atoms with Gasteiger partial charge in [-0.05, 0) is 31.4 Å². The van der Waals surface area contributed by atoms with Gasteiger partial charge < -0.3 is 5.32 Å². The summed E-state index contributed by atoms with van der Waals surface area (Å²) in [7, 11) is -3.43. The normalized spacial score (nSPS) is 13.0. The van der Waals surface area contributed by atoms with Crippen molar-refractivity contribution in [1.29, 1.82) is 0 Å². The van der Waals surface area contributed by atoms with Crippen molar-refractivity contribution in [3.05, 3.63) is 17.0 Å². The van der Waals surface area contributed by atoms with Crippen molar-refractivity contribution in [3.63, 3.8) is 0 Å². The summed E-state index contributed by atoms with van der Waals surface area (Å²) in [5.41, 5.74) is -0.334. The molecule has 0 atom stereocenters. The Morgan fingerprint density at radius 2 is 1.71 bits per heavy atom. The maximum atomic E-state index is 12.6. The predicted molar refractivity (Wildman–Crippen MR) is 90.2 cm³/mol. The Bertz CT molecular complexity index is 523. The zero-order valence-electron chi connectivity index (χ0n) is 13.7. The summed E-state index contributed by atoms with van der Waals surface area (Å²) in [4.78, 5) is 1.04. The molecule has 122 valence electrons. The second-order valence-corrected chi connectivity index (χ2v) is 8.78. The second-order valence-electron chi connectivity index (χ2n) is 5.70. The van der Waals surface area contributed by atoms with Crippen LogP contribution in [0.5, 0.6) is 0 Å². The molecule has 0 amide bonds. The highest BCUT2D eigenvalue weighted by Crippen LogP contribution is 2.26. The Balaban J connectivity index is 2.88. The lowest BCUT2D eigenvalue weighted by atomic mass is 9.91. The van der Waals surface area contributed by atoms with Crippen LogP contribution in [0.4, 0.5) is 0 Å². The summed E-state index contributed by atoms with van der Waals surface area (Å²) in [5, 5.41) is 3.30. The maximum absolute atomic E-state index is 12.6. The highest BCUT2D eigenvalue weighted by atomic mass is 32.2. The number of rotatable bonds is 9. The van der Waals surface area contributed by atoms with E-state index < -0.39 is 10.0 Å². The van der Waals surface area contributed by atoms with Crippen LogP contribution in [0.3, 0.4) is 0 Å². The third kappa shape index (κ3) is 5.06. The molecular weight excluding hydrogens is 304 g/mol. The van der Waals surface area contributed by atoms with Gasteiger partial charge in [0.25, 0.3) is 10.0 Å². The average molecular weight is 333 g/mol. The third-order valence-corrected chi connectivity index (χ3v) is 7.12. The van der Waals surface area contributed by atoms with Crippen molar-refractivity contribution < 1.29 is 8.42 Å². The number of sulfonamides is 1. The molecule has 0 fully saturated rings. The van der Waals surface area contributed by atoms with Crippen LogP contribution in [-0.4, -0.2) is 20.0 Å². The van der Waals surface area contributed by atoms with Crippen molar-refractivity contribution in [2.45, 2.75) is 76.2 Å². The van der Waals surface area contributed by atoms with Gasteiger partial charge >= 0.3 is 0 Å². The van der Waals surface area contributed by atoms with E-state index >= 15 is 0 Å². The van der Waals surface area contributed by atoms with Crippen molar-refractivity contribution >= 4 is 21.4 Å². The number of nitrogens with one attached hydrogen (secondary N) is 2. The molecule has 0 aliphatic carbocycles. The van der Waals surface area contributed by atoms with Crippen LogP contribution >= 0.6 is 11.3 Å². The first-order valence-corrected chi connectivity index (χ1v) is 9.94. The molecule has 0 saturated heterocycles. The van der Waals surface area contributed by atoms with Gasteiger partial charge in [0.05, 0.1) is 0 Å². The number of hydrogen-bond acceptors (Lipinski definition) is 4. The van der Waals surface area contributed by atoms with Crippen molar-refractivity contribution in [2.24, 2.45) is 0 Å². The van der Waals surface area contributed by atoms with Gasteiger partial charge in [-0.25, -0.2) is 13.1 Å². The van der Waals surface area contributed by atoms with E-state index in [9.17, 15) is 8.42 Å². The fourth-order valence-electron chi connectivity index (χ4n) is 2.20. The molecule has 0 aromatic carbocycles. The minimum absolute atomic E-state index is 0.334. The third-order valence-electron chi connectivity index (χ3n) is 3.97. The zero-order valence-corrected chi connectivity index (χ0v) is 15.3. The van der Waals surface area contributed by atoms with E-state index in [-0.39, 0.29) is 5.54 Å². The maximum Gasteiger partial charge on any atom is 0.250 e. The average Bonchev–Trinajstić information content (AvgIpc) is 2.92. The molecule has 1 aromatic heterocycles. The topological polar surface area (TPSA) is 58.2 Å². The minimum atomic E-state index is -3.43. The van der Waals surface area contributed by atoms with Gasteiger partial charge in [0.15, 0.2) is 0 Å². The second kappa shape index (κ2) is 7.72. The molecule has 6 heteroatoms. The Kier molecular flexibility index (Phi) is 6.84. The minimum Gasteiger partial charge on any atom is -0.310 e. The molecule has 1 rings (SSSR count). The number of thiophene rings is 1. The molecule has 0 saturated carbocycles. The molecule has 0 unspecified atom stereocenters. The van der Waals surface area contributed by atoms with Crippen LogP contribution in [-0.2, 0) is 16.6 Å². The largest absolute Gasteiger partial charge is 0.310 e. The molecule has 1 aromatic rings. The van der Waals surface area contributed by atoms with Crippen molar-refractivity contribution in [3.8, 4) is 0 Å². The van der Waals surface area contributed by atoms with E-state index in [4.69, 9.17) is 0 Å². The van der Waals surface area contributed by atoms with Gasteiger partial charge in [-0.15, -0.1) is 11.3 Å². The van der Waals surface area contributed by atoms with Gasteiger partial charge in [0.2, 0.25) is 0 Å². The van der Waals surface area contributed by atoms with Crippen molar-refractivity contribution in [2.75, 3.05) is 0 Å². The molecular formula is C15H28N2O2S2. The first-order valence-electron chi connectivity index (χ1n) is 7.64. The Hall–Kier alpha value is -0.430. The summed E-state index contributed by atoms with van der Waals surface area (Å²) >= 11 is 1.34. The quantitative estimate of drug-likeness (QED) is 0.728. The molecule has 21 heavy (non-hydrogen) atoms. The van der Waals surface area contributed by atoms with Crippen LogP contribution in [0.2, 0.25) is 0 Å². The van der Waals surface area contributed by atoms with E-state index in [0.29, 0.717) is 16.8 Å². The Morgan fingerprint density at radius 1 is 1.14 bits per heavy atom. The fraction of sp³-hybridized carbons (Fsp3) is 0.733. The van der Waals surface area contributed by atoms with Crippen LogP contribution < -0.4 is 10.0 Å². The van der Waals surface area contributed by atoms with E-state index in [1.807, 2.05) is 26.8 Å². The lowest BCUT2D eigenvalue weighted by Crippen LogP contribution is -2.46. The van der Waals surface area contributed by atoms with E-state index in [2.05, 4.69) is 23.9 Å². The SMILES string of the molecule is CCC(CC)(CC)NS(=O)(=O)c1ccc(CNC(C)C)s1. The summed E-state index contributed by atoms with van der Waals surface area (Å²) in [6, 6.07) is 3.98.